The van der Waals surface area contributed by atoms with Crippen LogP contribution in [-0.2, 0) is 18.0 Å². The van der Waals surface area contributed by atoms with Crippen molar-refractivity contribution in [2.24, 2.45) is 0 Å². The first-order valence-corrected chi connectivity index (χ1v) is 8.78. The maximum absolute atomic E-state index is 5.77. The summed E-state index contributed by atoms with van der Waals surface area (Å²) in [7, 11) is -0.599. The molecule has 0 heterocycles. The van der Waals surface area contributed by atoms with Gasteiger partial charge in [0.1, 0.15) is 6.23 Å². The lowest BCUT2D eigenvalue weighted by Crippen LogP contribution is -2.46. The molecule has 0 bridgehead atoms. The molecule has 0 aliphatic heterocycles. The van der Waals surface area contributed by atoms with Gasteiger partial charge in [-0.25, -0.2) is 0 Å². The Hall–Kier alpha value is 0.0169. The van der Waals surface area contributed by atoms with E-state index >= 15 is 0 Å². The molecule has 18 heavy (non-hydrogen) atoms. The van der Waals surface area contributed by atoms with Crippen LogP contribution in [0.5, 0.6) is 0 Å². The van der Waals surface area contributed by atoms with Crippen LogP contribution in [-0.4, -0.2) is 48.5 Å². The zero-order chi connectivity index (χ0) is 13.9. The molecule has 0 aromatic heterocycles. The third-order valence-corrected chi connectivity index (χ3v) is 5.65. The third-order valence-electron chi connectivity index (χ3n) is 2.49. The second-order valence-corrected chi connectivity index (χ2v) is 6.62. The molecule has 6 heteroatoms. The topological polar surface area (TPSA) is 49.0 Å². The first kappa shape index (κ1) is 18.0. The van der Waals surface area contributed by atoms with E-state index in [0.717, 1.165) is 12.5 Å². The molecule has 110 valence electrons. The van der Waals surface area contributed by atoms with Gasteiger partial charge in [-0.3, -0.25) is 5.32 Å². The largest absolute Gasteiger partial charge is 0.501 e. The molecule has 5 nitrogen and oxygen atoms in total. The van der Waals surface area contributed by atoms with Crippen LogP contribution < -0.4 is 5.32 Å². The SMILES string of the molecule is CCO[Si](CCCOC(C)NC)(OCC)OCC. The second kappa shape index (κ2) is 10.9. The van der Waals surface area contributed by atoms with Gasteiger partial charge in [0, 0.05) is 32.5 Å². The molecular formula is C12H29NO4Si. The first-order valence-electron chi connectivity index (χ1n) is 6.84. The van der Waals surface area contributed by atoms with Crippen LogP contribution in [0.25, 0.3) is 0 Å². The van der Waals surface area contributed by atoms with E-state index in [1.165, 1.54) is 0 Å². The summed E-state index contributed by atoms with van der Waals surface area (Å²) in [5.74, 6) is 0. The molecule has 1 unspecified atom stereocenters. The van der Waals surface area contributed by atoms with Crippen molar-refractivity contribution in [2.75, 3.05) is 33.5 Å². The van der Waals surface area contributed by atoms with Gasteiger partial charge in [-0.2, -0.15) is 0 Å². The fourth-order valence-corrected chi connectivity index (χ4v) is 4.21. The molecule has 0 rings (SSSR count). The maximum Gasteiger partial charge on any atom is 0.501 e. The molecule has 0 saturated heterocycles. The fraction of sp³-hybridized carbons (Fsp3) is 1.00. The van der Waals surface area contributed by atoms with Gasteiger partial charge in [0.15, 0.2) is 0 Å². The number of hydrogen-bond acceptors (Lipinski definition) is 5. The van der Waals surface area contributed by atoms with E-state index in [9.17, 15) is 0 Å². The van der Waals surface area contributed by atoms with E-state index in [0.29, 0.717) is 26.4 Å². The fourth-order valence-electron chi connectivity index (χ4n) is 1.63. The predicted octanol–water partition coefficient (Wildman–Crippen LogP) is 2.01. The van der Waals surface area contributed by atoms with Crippen molar-refractivity contribution in [1.29, 1.82) is 0 Å². The lowest BCUT2D eigenvalue weighted by Gasteiger charge is -2.28. The van der Waals surface area contributed by atoms with Crippen molar-refractivity contribution in [3.8, 4) is 0 Å². The summed E-state index contributed by atoms with van der Waals surface area (Å²) in [5, 5.41) is 3.03. The number of ether oxygens (including phenoxy) is 1. The molecular weight excluding hydrogens is 250 g/mol. The van der Waals surface area contributed by atoms with Gasteiger partial charge in [-0.05, 0) is 41.2 Å². The molecule has 0 saturated carbocycles. The van der Waals surface area contributed by atoms with Crippen molar-refractivity contribution >= 4 is 8.80 Å². The van der Waals surface area contributed by atoms with E-state index in [2.05, 4.69) is 5.32 Å². The van der Waals surface area contributed by atoms with Crippen LogP contribution in [0.2, 0.25) is 6.04 Å². The molecule has 1 N–H and O–H groups in total. The quantitative estimate of drug-likeness (QED) is 0.336. The minimum atomic E-state index is -2.48. The summed E-state index contributed by atoms with van der Waals surface area (Å²) in [5.41, 5.74) is 0. The van der Waals surface area contributed by atoms with Gasteiger partial charge >= 0.3 is 8.80 Å². The Morgan fingerprint density at radius 2 is 1.50 bits per heavy atom. The zero-order valence-corrected chi connectivity index (χ0v) is 13.5. The highest BCUT2D eigenvalue weighted by atomic mass is 28.4. The highest BCUT2D eigenvalue weighted by Crippen LogP contribution is 2.18. The Balaban J connectivity index is 4.12. The molecule has 0 aliphatic carbocycles. The Kier molecular flexibility index (Phi) is 10.9. The highest BCUT2D eigenvalue weighted by Gasteiger charge is 2.39. The van der Waals surface area contributed by atoms with E-state index in [4.69, 9.17) is 18.0 Å². The zero-order valence-electron chi connectivity index (χ0n) is 12.5. The van der Waals surface area contributed by atoms with Crippen molar-refractivity contribution < 1.29 is 18.0 Å². The summed E-state index contributed by atoms with van der Waals surface area (Å²) in [4.78, 5) is 0. The van der Waals surface area contributed by atoms with E-state index in [-0.39, 0.29) is 6.23 Å². The maximum atomic E-state index is 5.77. The lowest BCUT2D eigenvalue weighted by molar-refractivity contribution is 0.0393. The molecule has 0 aromatic carbocycles. The van der Waals surface area contributed by atoms with E-state index in [1.807, 2.05) is 34.7 Å². The van der Waals surface area contributed by atoms with E-state index < -0.39 is 8.80 Å². The van der Waals surface area contributed by atoms with Crippen LogP contribution in [0.3, 0.4) is 0 Å². The Morgan fingerprint density at radius 1 is 1.00 bits per heavy atom. The van der Waals surface area contributed by atoms with Crippen LogP contribution >= 0.6 is 0 Å². The van der Waals surface area contributed by atoms with Gasteiger partial charge in [0.05, 0.1) is 0 Å². The third kappa shape index (κ3) is 7.45. The van der Waals surface area contributed by atoms with Crippen molar-refractivity contribution in [2.45, 2.75) is 46.4 Å². The predicted molar refractivity (Wildman–Crippen MR) is 74.5 cm³/mol. The Bertz CT molecular complexity index is 178. The van der Waals surface area contributed by atoms with Gasteiger partial charge < -0.3 is 18.0 Å². The van der Waals surface area contributed by atoms with Crippen molar-refractivity contribution in [3.05, 3.63) is 0 Å². The van der Waals surface area contributed by atoms with Crippen molar-refractivity contribution in [1.82, 2.24) is 5.32 Å². The standard InChI is InChI=1S/C12H29NO4Si/c1-6-15-18(16-7-2,17-8-3)11-9-10-14-12(4)13-5/h12-13H,6-11H2,1-5H3. The summed E-state index contributed by atoms with van der Waals surface area (Å²) in [6.45, 7) is 10.5. The Labute approximate surface area is 113 Å². The van der Waals surface area contributed by atoms with E-state index in [1.54, 1.807) is 0 Å². The van der Waals surface area contributed by atoms with Crippen LogP contribution in [0.1, 0.15) is 34.1 Å². The van der Waals surface area contributed by atoms with Gasteiger partial charge in [-0.15, -0.1) is 0 Å². The minimum Gasteiger partial charge on any atom is -0.374 e. The molecule has 0 aliphatic rings. The Morgan fingerprint density at radius 3 is 1.89 bits per heavy atom. The minimum absolute atomic E-state index is 0.0762. The first-order chi connectivity index (χ1) is 8.64. The highest BCUT2D eigenvalue weighted by molar-refractivity contribution is 6.60. The monoisotopic (exact) mass is 279 g/mol. The summed E-state index contributed by atoms with van der Waals surface area (Å²) in [6, 6.07) is 0.805. The molecule has 0 fully saturated rings. The number of hydrogen-bond donors (Lipinski definition) is 1. The molecule has 0 aromatic rings. The molecule has 1 atom stereocenters. The molecule has 0 radical (unpaired) electrons. The van der Waals surface area contributed by atoms with Gasteiger partial charge in [0.25, 0.3) is 0 Å². The van der Waals surface area contributed by atoms with Crippen molar-refractivity contribution in [3.63, 3.8) is 0 Å². The molecule has 0 spiro atoms. The normalized spacial score (nSPS) is 13.8. The average Bonchev–Trinajstić information content (AvgIpc) is 2.35. The lowest BCUT2D eigenvalue weighted by atomic mass is 10.5. The molecule has 0 amide bonds. The van der Waals surface area contributed by atoms with Crippen LogP contribution in [0, 0.1) is 0 Å². The van der Waals surface area contributed by atoms with Gasteiger partial charge in [0.2, 0.25) is 0 Å². The summed E-state index contributed by atoms with van der Waals surface area (Å²) in [6.07, 6.45) is 0.963. The average molecular weight is 279 g/mol. The second-order valence-electron chi connectivity index (χ2n) is 3.89. The van der Waals surface area contributed by atoms with Crippen LogP contribution in [0.4, 0.5) is 0 Å². The summed E-state index contributed by atoms with van der Waals surface area (Å²) < 4.78 is 22.9. The number of nitrogens with one attached hydrogen (secondary N) is 1. The number of rotatable bonds is 12. The smallest absolute Gasteiger partial charge is 0.374 e. The van der Waals surface area contributed by atoms with Gasteiger partial charge in [-0.1, -0.05) is 0 Å². The van der Waals surface area contributed by atoms with Crippen LogP contribution in [0.15, 0.2) is 0 Å². The summed E-state index contributed by atoms with van der Waals surface area (Å²) >= 11 is 0.